The topological polar surface area (TPSA) is 32.3 Å². The summed E-state index contributed by atoms with van der Waals surface area (Å²) in [5.74, 6) is 2.61. The molecule has 114 valence electrons. The van der Waals surface area contributed by atoms with E-state index in [1.54, 1.807) is 0 Å². The van der Waals surface area contributed by atoms with E-state index in [1.807, 2.05) is 0 Å². The molecule has 0 spiro atoms. The molecule has 0 aromatic rings. The van der Waals surface area contributed by atoms with Gasteiger partial charge in [-0.05, 0) is 56.3 Å². The highest BCUT2D eigenvalue weighted by Crippen LogP contribution is 2.48. The molecule has 1 amide bonds. The lowest BCUT2D eigenvalue weighted by atomic mass is 10.0. The van der Waals surface area contributed by atoms with Crippen molar-refractivity contribution >= 4 is 5.91 Å². The van der Waals surface area contributed by atoms with Gasteiger partial charge in [0.15, 0.2) is 0 Å². The first kappa shape index (κ1) is 14.4. The van der Waals surface area contributed by atoms with E-state index >= 15 is 0 Å². The normalized spacial score (nSPS) is 30.9. The number of amides is 1. The maximum Gasteiger partial charge on any atom is 0.241 e. The van der Waals surface area contributed by atoms with E-state index in [4.69, 9.17) is 0 Å². The second-order valence-corrected chi connectivity index (χ2v) is 7.56. The SMILES string of the molecule is CCCC1NC(CC(C)C)C(=O)N1C(C1CC1)C1CC1. The highest BCUT2D eigenvalue weighted by atomic mass is 16.2. The van der Waals surface area contributed by atoms with Crippen molar-refractivity contribution in [3.8, 4) is 0 Å². The van der Waals surface area contributed by atoms with Crippen LogP contribution in [0.25, 0.3) is 0 Å². The standard InChI is InChI=1S/C17H30N2O/c1-4-5-15-18-14(10-11(2)3)17(20)19(15)16(12-6-7-12)13-8-9-13/h11-16,18H,4-10H2,1-3H3. The Labute approximate surface area is 123 Å². The van der Waals surface area contributed by atoms with Crippen LogP contribution in [-0.2, 0) is 4.79 Å². The van der Waals surface area contributed by atoms with Crippen molar-refractivity contribution in [2.24, 2.45) is 17.8 Å². The first-order valence-corrected chi connectivity index (χ1v) is 8.70. The molecule has 2 saturated carbocycles. The molecular weight excluding hydrogens is 248 g/mol. The summed E-state index contributed by atoms with van der Waals surface area (Å²) in [6.07, 6.45) is 8.93. The molecule has 3 heteroatoms. The molecule has 2 aliphatic carbocycles. The van der Waals surface area contributed by atoms with E-state index < -0.39 is 0 Å². The molecule has 0 radical (unpaired) electrons. The van der Waals surface area contributed by atoms with Gasteiger partial charge in [0.25, 0.3) is 0 Å². The molecule has 3 fully saturated rings. The first-order valence-electron chi connectivity index (χ1n) is 8.70. The zero-order valence-electron chi connectivity index (χ0n) is 13.3. The Morgan fingerprint density at radius 3 is 2.25 bits per heavy atom. The maximum absolute atomic E-state index is 12.9. The molecule has 1 saturated heterocycles. The van der Waals surface area contributed by atoms with Gasteiger partial charge in [-0.2, -0.15) is 0 Å². The molecule has 2 atom stereocenters. The largest absolute Gasteiger partial charge is 0.322 e. The third-order valence-electron chi connectivity index (χ3n) is 5.08. The number of nitrogens with one attached hydrogen (secondary N) is 1. The number of hydrogen-bond donors (Lipinski definition) is 1. The van der Waals surface area contributed by atoms with E-state index in [2.05, 4.69) is 31.0 Å². The van der Waals surface area contributed by atoms with Crippen LogP contribution in [0.4, 0.5) is 0 Å². The molecule has 1 heterocycles. The summed E-state index contributed by atoms with van der Waals surface area (Å²) in [6, 6.07) is 0.635. The average molecular weight is 278 g/mol. The highest BCUT2D eigenvalue weighted by Gasteiger charge is 2.51. The fraction of sp³-hybridized carbons (Fsp3) is 0.941. The van der Waals surface area contributed by atoms with Crippen LogP contribution in [0.3, 0.4) is 0 Å². The van der Waals surface area contributed by atoms with Gasteiger partial charge in [0.05, 0.1) is 12.2 Å². The fourth-order valence-corrected chi connectivity index (χ4v) is 3.92. The van der Waals surface area contributed by atoms with Crippen LogP contribution in [0.5, 0.6) is 0 Å². The van der Waals surface area contributed by atoms with Gasteiger partial charge in [0.1, 0.15) is 0 Å². The van der Waals surface area contributed by atoms with E-state index in [0.717, 1.165) is 31.1 Å². The van der Waals surface area contributed by atoms with Gasteiger partial charge in [-0.3, -0.25) is 10.1 Å². The van der Waals surface area contributed by atoms with Gasteiger partial charge in [-0.15, -0.1) is 0 Å². The second-order valence-electron chi connectivity index (χ2n) is 7.56. The van der Waals surface area contributed by atoms with Crippen LogP contribution >= 0.6 is 0 Å². The predicted molar refractivity (Wildman–Crippen MR) is 81.2 cm³/mol. The van der Waals surface area contributed by atoms with Crippen LogP contribution in [-0.4, -0.2) is 29.1 Å². The zero-order chi connectivity index (χ0) is 14.3. The summed E-state index contributed by atoms with van der Waals surface area (Å²) in [5.41, 5.74) is 0. The quantitative estimate of drug-likeness (QED) is 0.776. The van der Waals surface area contributed by atoms with Gasteiger partial charge < -0.3 is 4.90 Å². The minimum atomic E-state index is 0.0755. The third kappa shape index (κ3) is 2.88. The van der Waals surface area contributed by atoms with Crippen molar-refractivity contribution < 1.29 is 4.79 Å². The Morgan fingerprint density at radius 2 is 1.80 bits per heavy atom. The minimum absolute atomic E-state index is 0.0755. The van der Waals surface area contributed by atoms with Crippen LogP contribution in [0, 0.1) is 17.8 Å². The summed E-state index contributed by atoms with van der Waals surface area (Å²) in [4.78, 5) is 15.2. The number of hydrogen-bond acceptors (Lipinski definition) is 2. The van der Waals surface area contributed by atoms with Crippen molar-refractivity contribution in [1.82, 2.24) is 10.2 Å². The molecule has 1 aliphatic heterocycles. The Morgan fingerprint density at radius 1 is 1.20 bits per heavy atom. The molecule has 2 unspecified atom stereocenters. The number of carbonyl (C=O) groups is 1. The van der Waals surface area contributed by atoms with Crippen LogP contribution in [0.1, 0.15) is 65.7 Å². The zero-order valence-corrected chi connectivity index (χ0v) is 13.3. The molecule has 3 aliphatic rings. The van der Waals surface area contributed by atoms with Gasteiger partial charge in [-0.25, -0.2) is 0 Å². The first-order chi connectivity index (χ1) is 9.61. The number of nitrogens with zero attached hydrogens (tertiary/aromatic N) is 1. The minimum Gasteiger partial charge on any atom is -0.322 e. The lowest BCUT2D eigenvalue weighted by Crippen LogP contribution is -2.47. The van der Waals surface area contributed by atoms with Gasteiger partial charge in [0, 0.05) is 6.04 Å². The molecule has 3 rings (SSSR count). The molecule has 1 N–H and O–H groups in total. The average Bonchev–Trinajstić information content (AvgIpc) is 3.25. The fourth-order valence-electron chi connectivity index (χ4n) is 3.92. The molecule has 0 aromatic carbocycles. The monoisotopic (exact) mass is 278 g/mol. The summed E-state index contributed by atoms with van der Waals surface area (Å²) in [6.45, 7) is 6.65. The molecule has 3 nitrogen and oxygen atoms in total. The van der Waals surface area contributed by atoms with E-state index in [0.29, 0.717) is 24.0 Å². The van der Waals surface area contributed by atoms with Crippen molar-refractivity contribution in [1.29, 1.82) is 0 Å². The Balaban J connectivity index is 1.75. The van der Waals surface area contributed by atoms with Crippen molar-refractivity contribution in [3.05, 3.63) is 0 Å². The molecular formula is C17H30N2O. The van der Waals surface area contributed by atoms with Crippen LogP contribution in [0.2, 0.25) is 0 Å². The summed E-state index contributed by atoms with van der Waals surface area (Å²) in [5, 5.41) is 3.65. The summed E-state index contributed by atoms with van der Waals surface area (Å²) in [7, 11) is 0. The lowest BCUT2D eigenvalue weighted by molar-refractivity contribution is -0.133. The number of rotatable bonds is 7. The van der Waals surface area contributed by atoms with Crippen LogP contribution in [0.15, 0.2) is 0 Å². The smallest absolute Gasteiger partial charge is 0.241 e. The van der Waals surface area contributed by atoms with Crippen molar-refractivity contribution in [2.75, 3.05) is 0 Å². The Bertz CT molecular complexity index is 348. The third-order valence-corrected chi connectivity index (χ3v) is 5.08. The van der Waals surface area contributed by atoms with E-state index in [-0.39, 0.29) is 6.04 Å². The summed E-state index contributed by atoms with van der Waals surface area (Å²) < 4.78 is 0. The Hall–Kier alpha value is -0.570. The van der Waals surface area contributed by atoms with E-state index in [9.17, 15) is 4.79 Å². The van der Waals surface area contributed by atoms with Gasteiger partial charge in [0.2, 0.25) is 5.91 Å². The lowest BCUT2D eigenvalue weighted by Gasteiger charge is -2.33. The van der Waals surface area contributed by atoms with E-state index in [1.165, 1.54) is 25.7 Å². The predicted octanol–water partition coefficient (Wildman–Crippen LogP) is 3.15. The highest BCUT2D eigenvalue weighted by molar-refractivity contribution is 5.84. The summed E-state index contributed by atoms with van der Waals surface area (Å²) >= 11 is 0. The molecule has 20 heavy (non-hydrogen) atoms. The van der Waals surface area contributed by atoms with Crippen LogP contribution < -0.4 is 5.32 Å². The maximum atomic E-state index is 12.9. The number of carbonyl (C=O) groups excluding carboxylic acids is 1. The Kier molecular flexibility index (Phi) is 4.07. The van der Waals surface area contributed by atoms with Gasteiger partial charge in [-0.1, -0.05) is 27.2 Å². The van der Waals surface area contributed by atoms with Gasteiger partial charge >= 0.3 is 0 Å². The van der Waals surface area contributed by atoms with Crippen molar-refractivity contribution in [2.45, 2.75) is 84.0 Å². The second kappa shape index (κ2) is 5.67. The van der Waals surface area contributed by atoms with Crippen molar-refractivity contribution in [3.63, 3.8) is 0 Å². The molecule has 0 aromatic heterocycles. The molecule has 0 bridgehead atoms.